The number of quaternary nitrogens is 1. The number of benzene rings is 1. The van der Waals surface area contributed by atoms with Crippen molar-refractivity contribution < 1.29 is 5.32 Å². The number of nitrogens with zero attached hydrogens (tertiary/aromatic N) is 8. The van der Waals surface area contributed by atoms with Crippen LogP contribution < -0.4 is 16.4 Å². The van der Waals surface area contributed by atoms with Gasteiger partial charge in [-0.15, -0.1) is 0 Å². The second-order valence-electron chi connectivity index (χ2n) is 6.16. The number of rotatable bonds is 3. The molecule has 3 atom stereocenters. The highest BCUT2D eigenvalue weighted by molar-refractivity contribution is 6.08. The van der Waals surface area contributed by atoms with Gasteiger partial charge in [0.05, 0.1) is 30.0 Å². The molecule has 0 saturated carbocycles. The van der Waals surface area contributed by atoms with E-state index in [4.69, 9.17) is 11.0 Å². The average Bonchev–Trinajstić information content (AvgIpc) is 2.77. The first-order chi connectivity index (χ1) is 14.0. The van der Waals surface area contributed by atoms with Crippen LogP contribution in [0.3, 0.4) is 0 Å². The van der Waals surface area contributed by atoms with Crippen molar-refractivity contribution in [2.24, 2.45) is 10.9 Å². The standard InChI is InChI=1S/C18H11N11/c1-8(2-19)10(4-21)27-14-13(24)15-18(29-12(6-23)11(5-22)28-15)16-17(14)26-9(3-20)7-25-16/h7-10,26-27H,24H2,1H3/p+1. The van der Waals surface area contributed by atoms with E-state index in [9.17, 15) is 21.0 Å². The second kappa shape index (κ2) is 7.47. The fourth-order valence-electron chi connectivity index (χ4n) is 2.85. The van der Waals surface area contributed by atoms with E-state index >= 15 is 0 Å². The van der Waals surface area contributed by atoms with Crippen molar-refractivity contribution in [3.05, 3.63) is 11.4 Å². The van der Waals surface area contributed by atoms with Crippen LogP contribution in [0.2, 0.25) is 0 Å². The van der Waals surface area contributed by atoms with Gasteiger partial charge >= 0.3 is 0 Å². The lowest BCUT2D eigenvalue weighted by Crippen LogP contribution is -2.85. The summed E-state index contributed by atoms with van der Waals surface area (Å²) in [5.41, 5.74) is 7.30. The Morgan fingerprint density at radius 3 is 2.28 bits per heavy atom. The van der Waals surface area contributed by atoms with Crippen LogP contribution >= 0.6 is 0 Å². The zero-order chi connectivity index (χ0) is 21.1. The SMILES string of the molecule is CC(C#N)C(C#N)Nc1c2c(c3nc(C#N)c(C#N)nc3c1N)N=CC(C#N)[NH2+]2. The highest BCUT2D eigenvalue weighted by Gasteiger charge is 2.31. The molecule has 0 bridgehead atoms. The number of aliphatic imine (C=N–C) groups is 1. The van der Waals surface area contributed by atoms with Gasteiger partial charge in [-0.25, -0.2) is 15.0 Å². The van der Waals surface area contributed by atoms with Gasteiger partial charge in [0.15, 0.2) is 22.8 Å². The maximum atomic E-state index is 9.44. The molecule has 0 aliphatic carbocycles. The predicted molar refractivity (Wildman–Crippen MR) is 100 cm³/mol. The first-order valence-corrected chi connectivity index (χ1v) is 8.30. The van der Waals surface area contributed by atoms with Gasteiger partial charge < -0.3 is 11.1 Å². The molecule has 0 radical (unpaired) electrons. The number of anilines is 2. The number of nitrogen functional groups attached to an aromatic ring is 1. The molecule has 138 valence electrons. The van der Waals surface area contributed by atoms with E-state index in [1.54, 1.807) is 18.3 Å². The lowest BCUT2D eigenvalue weighted by molar-refractivity contribution is -0.578. The lowest BCUT2D eigenvalue weighted by Gasteiger charge is -2.22. The summed E-state index contributed by atoms with van der Waals surface area (Å²) in [7, 11) is 0. The molecule has 1 aromatic heterocycles. The van der Waals surface area contributed by atoms with Gasteiger partial charge in [-0.3, -0.25) is 5.32 Å². The monoisotopic (exact) mass is 382 g/mol. The van der Waals surface area contributed by atoms with Crippen LogP contribution in [-0.2, 0) is 0 Å². The van der Waals surface area contributed by atoms with E-state index in [2.05, 4.69) is 26.3 Å². The molecule has 1 aromatic carbocycles. The van der Waals surface area contributed by atoms with Crippen LogP contribution in [-0.4, -0.2) is 28.3 Å². The summed E-state index contributed by atoms with van der Waals surface area (Å²) in [6.45, 7) is 1.58. The molecule has 0 amide bonds. The van der Waals surface area contributed by atoms with Crippen LogP contribution in [0.15, 0.2) is 4.99 Å². The Kier molecular flexibility index (Phi) is 4.89. The summed E-state index contributed by atoms with van der Waals surface area (Å²) >= 11 is 0. The molecule has 11 nitrogen and oxygen atoms in total. The zero-order valence-corrected chi connectivity index (χ0v) is 15.0. The third kappa shape index (κ3) is 3.09. The first kappa shape index (κ1) is 19.0. The summed E-state index contributed by atoms with van der Waals surface area (Å²) in [6.07, 6.45) is 1.41. The smallest absolute Gasteiger partial charge is 0.214 e. The van der Waals surface area contributed by atoms with Crippen LogP contribution in [0.25, 0.3) is 11.0 Å². The van der Waals surface area contributed by atoms with Crippen molar-refractivity contribution in [2.45, 2.75) is 19.0 Å². The van der Waals surface area contributed by atoms with Gasteiger partial charge in [-0.1, -0.05) is 0 Å². The number of nitrogens with two attached hydrogens (primary N) is 2. The van der Waals surface area contributed by atoms with Crippen LogP contribution in [0.5, 0.6) is 0 Å². The van der Waals surface area contributed by atoms with Gasteiger partial charge in [-0.2, -0.15) is 26.3 Å². The Morgan fingerprint density at radius 2 is 1.72 bits per heavy atom. The zero-order valence-electron chi connectivity index (χ0n) is 15.0. The fourth-order valence-corrected chi connectivity index (χ4v) is 2.85. The highest BCUT2D eigenvalue weighted by Crippen LogP contribution is 2.43. The minimum atomic E-state index is -0.898. The van der Waals surface area contributed by atoms with Crippen LogP contribution in [0.4, 0.5) is 22.7 Å². The van der Waals surface area contributed by atoms with Crippen molar-refractivity contribution in [3.63, 3.8) is 0 Å². The molecule has 0 fully saturated rings. The molecule has 29 heavy (non-hydrogen) atoms. The Hall–Kier alpha value is -4.76. The molecule has 3 rings (SSSR count). The summed E-state index contributed by atoms with van der Waals surface area (Å²) in [6, 6.07) is 8.15. The van der Waals surface area contributed by atoms with Gasteiger partial charge in [0.2, 0.25) is 6.04 Å². The number of aromatic nitrogens is 2. The largest absolute Gasteiger partial charge is 0.395 e. The first-order valence-electron chi connectivity index (χ1n) is 8.30. The molecule has 3 unspecified atom stereocenters. The molecule has 1 aliphatic rings. The van der Waals surface area contributed by atoms with E-state index in [1.807, 2.05) is 18.2 Å². The maximum absolute atomic E-state index is 9.44. The van der Waals surface area contributed by atoms with Crippen molar-refractivity contribution >= 4 is 40.0 Å². The Labute approximate surface area is 164 Å². The Balaban J connectivity index is 2.36. The molecule has 0 spiro atoms. The summed E-state index contributed by atoms with van der Waals surface area (Å²) in [4.78, 5) is 12.6. The Bertz CT molecular complexity index is 1260. The number of hydrogen-bond acceptors (Lipinski definition) is 10. The predicted octanol–water partition coefficient (Wildman–Crippen LogP) is 0.222. The van der Waals surface area contributed by atoms with E-state index in [0.29, 0.717) is 11.4 Å². The van der Waals surface area contributed by atoms with Gasteiger partial charge in [-0.05, 0) is 6.92 Å². The summed E-state index contributed by atoms with van der Waals surface area (Å²) in [5.74, 6) is -0.661. The normalized spacial score (nSPS) is 16.2. The lowest BCUT2D eigenvalue weighted by atomic mass is 10.0. The molecular weight excluding hydrogens is 370 g/mol. The van der Waals surface area contributed by atoms with Crippen molar-refractivity contribution in [2.75, 3.05) is 11.1 Å². The minimum Gasteiger partial charge on any atom is -0.395 e. The van der Waals surface area contributed by atoms with Gasteiger partial charge in [0, 0.05) is 0 Å². The second-order valence-corrected chi connectivity index (χ2v) is 6.16. The molecular formula is C18H12N11+. The average molecular weight is 382 g/mol. The van der Waals surface area contributed by atoms with E-state index in [0.717, 1.165) is 0 Å². The van der Waals surface area contributed by atoms with Crippen LogP contribution in [0, 0.1) is 62.6 Å². The summed E-state index contributed by atoms with van der Waals surface area (Å²) < 4.78 is 0. The Morgan fingerprint density at radius 1 is 1.07 bits per heavy atom. The van der Waals surface area contributed by atoms with Crippen molar-refractivity contribution in [3.8, 4) is 30.3 Å². The number of nitriles is 5. The van der Waals surface area contributed by atoms with Crippen LogP contribution in [0.1, 0.15) is 18.3 Å². The maximum Gasteiger partial charge on any atom is 0.214 e. The number of hydrogen-bond donors (Lipinski definition) is 3. The quantitative estimate of drug-likeness (QED) is 0.488. The van der Waals surface area contributed by atoms with Crippen molar-refractivity contribution in [1.29, 1.82) is 26.3 Å². The highest BCUT2D eigenvalue weighted by atomic mass is 15.1. The van der Waals surface area contributed by atoms with E-state index in [1.165, 1.54) is 6.21 Å². The third-order valence-corrected chi connectivity index (χ3v) is 4.38. The molecule has 0 saturated heterocycles. The molecule has 5 N–H and O–H groups in total. The molecule has 11 heteroatoms. The molecule has 2 aromatic rings. The fraction of sp³-hybridized carbons (Fsp3) is 0.222. The van der Waals surface area contributed by atoms with E-state index in [-0.39, 0.29) is 33.8 Å². The third-order valence-electron chi connectivity index (χ3n) is 4.38. The van der Waals surface area contributed by atoms with Gasteiger partial charge in [0.1, 0.15) is 41.0 Å². The molecule has 2 heterocycles. The van der Waals surface area contributed by atoms with E-state index < -0.39 is 18.0 Å². The number of fused-ring (bicyclic) bond motifs is 3. The minimum absolute atomic E-state index is 0.0719. The summed E-state index contributed by atoms with van der Waals surface area (Å²) in [5, 5.41) is 50.9. The topological polar surface area (TPSA) is 212 Å². The van der Waals surface area contributed by atoms with Crippen molar-refractivity contribution in [1.82, 2.24) is 9.97 Å². The number of nitrogens with one attached hydrogen (secondary N) is 1. The van der Waals surface area contributed by atoms with Gasteiger partial charge in [0.25, 0.3) is 0 Å². The molecule has 1 aliphatic heterocycles.